The van der Waals surface area contributed by atoms with Gasteiger partial charge in [0, 0.05) is 4.88 Å². The molecule has 0 fully saturated rings. The van der Waals surface area contributed by atoms with Crippen LogP contribution in [-0.2, 0) is 35.5 Å². The van der Waals surface area contributed by atoms with Crippen molar-refractivity contribution >= 4 is 45.9 Å². The number of nitrogens with one attached hydrogen (secondary N) is 2. The van der Waals surface area contributed by atoms with Crippen LogP contribution in [0.4, 0.5) is 5.00 Å². The molecule has 0 spiro atoms. The molecule has 3 aromatic heterocycles. The highest BCUT2D eigenvalue weighted by Crippen LogP contribution is 2.39. The van der Waals surface area contributed by atoms with Crippen LogP contribution in [0.1, 0.15) is 69.4 Å². The van der Waals surface area contributed by atoms with Gasteiger partial charge in [0.2, 0.25) is 5.91 Å². The van der Waals surface area contributed by atoms with E-state index in [2.05, 4.69) is 20.8 Å². The first-order chi connectivity index (χ1) is 19.9. The maximum absolute atomic E-state index is 13.4. The van der Waals surface area contributed by atoms with E-state index in [0.717, 1.165) is 41.7 Å². The summed E-state index contributed by atoms with van der Waals surface area (Å²) < 4.78 is 12.4. The Bertz CT molecular complexity index is 1510. The second kappa shape index (κ2) is 13.2. The number of aromatic nitrogens is 3. The molecule has 3 heterocycles. The van der Waals surface area contributed by atoms with Gasteiger partial charge in [0.1, 0.15) is 5.00 Å². The second-order valence-corrected chi connectivity index (χ2v) is 11.9. The Kier molecular flexibility index (Phi) is 9.20. The fourth-order valence-electron chi connectivity index (χ4n) is 4.61. The summed E-state index contributed by atoms with van der Waals surface area (Å²) in [5.41, 5.74) is 2.51. The van der Waals surface area contributed by atoms with Crippen LogP contribution in [0.2, 0.25) is 0 Å². The average Bonchev–Trinajstić information content (AvgIpc) is 3.72. The van der Waals surface area contributed by atoms with Gasteiger partial charge in [0.15, 0.2) is 16.7 Å². The molecule has 1 aliphatic carbocycles. The molecule has 2 N–H and O–H groups in total. The van der Waals surface area contributed by atoms with Gasteiger partial charge in [0.05, 0.1) is 36.8 Å². The minimum Gasteiger partial charge on any atom is -0.462 e. The predicted octanol–water partition coefficient (Wildman–Crippen LogP) is 5.09. The summed E-state index contributed by atoms with van der Waals surface area (Å²) >= 11 is 2.73. The highest BCUT2D eigenvalue weighted by molar-refractivity contribution is 8.00. The summed E-state index contributed by atoms with van der Waals surface area (Å²) in [5, 5.41) is 15.0. The van der Waals surface area contributed by atoms with Crippen LogP contribution in [-0.4, -0.2) is 44.4 Å². The van der Waals surface area contributed by atoms with E-state index < -0.39 is 11.2 Å². The molecule has 214 valence electrons. The number of carbonyl (C=O) groups excluding carboxylic acids is 3. The lowest BCUT2D eigenvalue weighted by Crippen LogP contribution is -2.25. The van der Waals surface area contributed by atoms with Crippen molar-refractivity contribution in [3.8, 4) is 0 Å². The van der Waals surface area contributed by atoms with Crippen LogP contribution in [0.15, 0.2) is 58.3 Å². The van der Waals surface area contributed by atoms with E-state index >= 15 is 0 Å². The third-order valence-corrected chi connectivity index (χ3v) is 8.96. The van der Waals surface area contributed by atoms with Crippen molar-refractivity contribution in [3.05, 3.63) is 81.9 Å². The molecule has 41 heavy (non-hydrogen) atoms. The van der Waals surface area contributed by atoms with E-state index in [1.165, 1.54) is 29.4 Å². The summed E-state index contributed by atoms with van der Waals surface area (Å²) in [6, 6.07) is 13.1. The number of hydrogen-bond acceptors (Lipinski definition) is 9. The summed E-state index contributed by atoms with van der Waals surface area (Å²) in [6.07, 6.45) is 5.22. The number of anilines is 1. The van der Waals surface area contributed by atoms with Crippen molar-refractivity contribution < 1.29 is 23.5 Å². The second-order valence-electron chi connectivity index (χ2n) is 9.52. The molecule has 2 amide bonds. The monoisotopic (exact) mass is 593 g/mol. The number of hydrogen-bond donors (Lipinski definition) is 2. The molecule has 0 radical (unpaired) electrons. The Morgan fingerprint density at radius 1 is 1.12 bits per heavy atom. The van der Waals surface area contributed by atoms with Crippen LogP contribution in [0, 0.1) is 0 Å². The lowest BCUT2D eigenvalue weighted by molar-refractivity contribution is -0.115. The number of esters is 1. The van der Waals surface area contributed by atoms with Gasteiger partial charge in [-0.25, -0.2) is 4.79 Å². The molecule has 12 heteroatoms. The minimum atomic E-state index is -0.548. The standard InChI is InChI=1S/C29H31N5O5S2/c1-3-38-28(37)24-20-12-7-8-14-22(20)41-27(24)31-25(35)18(2)40-29-33-32-23(16-30-26(36)21-13-9-15-39-21)34(29)17-19-10-5-4-6-11-19/h4-6,9-11,13,15,18H,3,7-8,12,14,16-17H2,1-2H3,(H,30,36)(H,31,35). The summed E-state index contributed by atoms with van der Waals surface area (Å²) in [7, 11) is 0. The van der Waals surface area contributed by atoms with Gasteiger partial charge in [0.25, 0.3) is 5.91 Å². The lowest BCUT2D eigenvalue weighted by atomic mass is 9.95. The normalized spacial score (nSPS) is 13.3. The number of rotatable bonds is 11. The molecular formula is C29H31N5O5S2. The SMILES string of the molecule is CCOC(=O)c1c(NC(=O)C(C)Sc2nnc(CNC(=O)c3ccco3)n2Cc2ccccc2)sc2c1CCCC2. The first kappa shape index (κ1) is 28.6. The van der Waals surface area contributed by atoms with Gasteiger partial charge in [-0.05, 0) is 62.8 Å². The fraction of sp³-hybridized carbons (Fsp3) is 0.345. The Hall–Kier alpha value is -3.90. The first-order valence-electron chi connectivity index (χ1n) is 13.5. The molecule has 5 rings (SSSR count). The number of furan rings is 1. The Morgan fingerprint density at radius 2 is 1.93 bits per heavy atom. The molecule has 1 aliphatic rings. The average molecular weight is 594 g/mol. The van der Waals surface area contributed by atoms with Crippen LogP contribution >= 0.6 is 23.1 Å². The van der Waals surface area contributed by atoms with Crippen LogP contribution in [0.25, 0.3) is 0 Å². The van der Waals surface area contributed by atoms with Gasteiger partial charge < -0.3 is 24.4 Å². The van der Waals surface area contributed by atoms with E-state index in [-0.39, 0.29) is 30.7 Å². The Labute approximate surface area is 245 Å². The largest absolute Gasteiger partial charge is 0.462 e. The summed E-state index contributed by atoms with van der Waals surface area (Å²) in [4.78, 5) is 39.8. The van der Waals surface area contributed by atoms with Gasteiger partial charge in [-0.15, -0.1) is 21.5 Å². The number of aryl methyl sites for hydroxylation is 1. The number of nitrogens with zero attached hydrogens (tertiary/aromatic N) is 3. The van der Waals surface area contributed by atoms with E-state index in [4.69, 9.17) is 9.15 Å². The highest BCUT2D eigenvalue weighted by atomic mass is 32.2. The molecule has 1 atom stereocenters. The number of thiophene rings is 1. The number of fused-ring (bicyclic) bond motifs is 1. The molecule has 1 aromatic carbocycles. The van der Waals surface area contributed by atoms with Crippen molar-refractivity contribution in [2.75, 3.05) is 11.9 Å². The third-order valence-electron chi connectivity index (χ3n) is 6.67. The fourth-order valence-corrected chi connectivity index (χ4v) is 6.76. The van der Waals surface area contributed by atoms with Crippen LogP contribution in [0.3, 0.4) is 0 Å². The minimum absolute atomic E-state index is 0.129. The highest BCUT2D eigenvalue weighted by Gasteiger charge is 2.29. The number of carbonyl (C=O) groups is 3. The van der Waals surface area contributed by atoms with Gasteiger partial charge in [-0.2, -0.15) is 0 Å². The topological polar surface area (TPSA) is 128 Å². The zero-order chi connectivity index (χ0) is 28.8. The van der Waals surface area contributed by atoms with Crippen LogP contribution in [0.5, 0.6) is 0 Å². The Balaban J connectivity index is 1.33. The zero-order valence-corrected chi connectivity index (χ0v) is 24.5. The van der Waals surface area contributed by atoms with Gasteiger partial charge >= 0.3 is 5.97 Å². The van der Waals surface area contributed by atoms with Crippen molar-refractivity contribution in [2.45, 2.75) is 63.0 Å². The molecule has 1 unspecified atom stereocenters. The zero-order valence-electron chi connectivity index (χ0n) is 22.8. The van der Waals surface area contributed by atoms with E-state index in [1.807, 2.05) is 34.9 Å². The molecule has 0 bridgehead atoms. The van der Waals surface area contributed by atoms with E-state index in [0.29, 0.717) is 28.1 Å². The maximum atomic E-state index is 13.4. The number of thioether (sulfide) groups is 1. The van der Waals surface area contributed by atoms with E-state index in [9.17, 15) is 14.4 Å². The molecule has 4 aromatic rings. The summed E-state index contributed by atoms with van der Waals surface area (Å²) in [6.45, 7) is 4.42. The molecule has 0 aliphatic heterocycles. The molecular weight excluding hydrogens is 562 g/mol. The van der Waals surface area contributed by atoms with Gasteiger partial charge in [-0.3, -0.25) is 9.59 Å². The first-order valence-corrected chi connectivity index (χ1v) is 15.2. The number of ether oxygens (including phenoxy) is 1. The number of amides is 2. The molecule has 0 saturated heterocycles. The molecule has 0 saturated carbocycles. The van der Waals surface area contributed by atoms with E-state index in [1.54, 1.807) is 26.0 Å². The Morgan fingerprint density at radius 3 is 2.68 bits per heavy atom. The maximum Gasteiger partial charge on any atom is 0.341 e. The lowest BCUT2D eigenvalue weighted by Gasteiger charge is -2.15. The quantitative estimate of drug-likeness (QED) is 0.182. The number of benzene rings is 1. The van der Waals surface area contributed by atoms with Crippen molar-refractivity contribution in [3.63, 3.8) is 0 Å². The summed E-state index contributed by atoms with van der Waals surface area (Å²) in [5.74, 6) is -0.259. The third kappa shape index (κ3) is 6.71. The van der Waals surface area contributed by atoms with Crippen LogP contribution < -0.4 is 10.6 Å². The predicted molar refractivity (Wildman–Crippen MR) is 156 cm³/mol. The van der Waals surface area contributed by atoms with Crippen molar-refractivity contribution in [1.82, 2.24) is 20.1 Å². The van der Waals surface area contributed by atoms with Crippen molar-refractivity contribution in [1.29, 1.82) is 0 Å². The smallest absolute Gasteiger partial charge is 0.341 e. The van der Waals surface area contributed by atoms with Crippen molar-refractivity contribution in [2.24, 2.45) is 0 Å². The molecule has 10 nitrogen and oxygen atoms in total. The van der Waals surface area contributed by atoms with Gasteiger partial charge in [-0.1, -0.05) is 42.1 Å².